The van der Waals surface area contributed by atoms with E-state index in [-0.39, 0.29) is 0 Å². The molecule has 3 rings (SSSR count). The largest absolute Gasteiger partial charge is 0.415 e. The third kappa shape index (κ3) is 3.08. The lowest BCUT2D eigenvalue weighted by molar-refractivity contribution is 0.595. The summed E-state index contributed by atoms with van der Waals surface area (Å²) in [6, 6.07) is 18.8. The van der Waals surface area contributed by atoms with Gasteiger partial charge >= 0.3 is 15.6 Å². The van der Waals surface area contributed by atoms with Crippen LogP contribution in [-0.4, -0.2) is 0 Å². The molecular formula is C17H14O2P2+2. The minimum atomic E-state index is -1.59. The van der Waals surface area contributed by atoms with E-state index in [1.165, 1.54) is 0 Å². The predicted molar refractivity (Wildman–Crippen MR) is 88.1 cm³/mol. The van der Waals surface area contributed by atoms with Crippen molar-refractivity contribution < 1.29 is 9.13 Å². The van der Waals surface area contributed by atoms with Gasteiger partial charge in [-0.2, -0.15) is 0 Å². The van der Waals surface area contributed by atoms with Crippen molar-refractivity contribution in [2.75, 3.05) is 0 Å². The second-order valence-electron chi connectivity index (χ2n) is 4.73. The Bertz CT molecular complexity index is 747. The van der Waals surface area contributed by atoms with Gasteiger partial charge in [-0.15, -0.1) is 0 Å². The highest BCUT2D eigenvalue weighted by molar-refractivity contribution is 7.59. The van der Waals surface area contributed by atoms with Gasteiger partial charge in [0.05, 0.1) is 0 Å². The van der Waals surface area contributed by atoms with Crippen LogP contribution in [0.1, 0.15) is 6.42 Å². The van der Waals surface area contributed by atoms with Gasteiger partial charge < -0.3 is 0 Å². The predicted octanol–water partition coefficient (Wildman–Crippen LogP) is 4.46. The molecule has 1 aliphatic carbocycles. The molecule has 0 saturated heterocycles. The van der Waals surface area contributed by atoms with Crippen molar-refractivity contribution in [2.24, 2.45) is 0 Å². The summed E-state index contributed by atoms with van der Waals surface area (Å²) in [5.41, 5.74) is 0. The van der Waals surface area contributed by atoms with Gasteiger partial charge in [-0.25, -0.2) is 0 Å². The maximum absolute atomic E-state index is 12.5. The Kier molecular flexibility index (Phi) is 4.20. The molecule has 1 aliphatic rings. The van der Waals surface area contributed by atoms with E-state index in [2.05, 4.69) is 0 Å². The molecule has 0 radical (unpaired) electrons. The van der Waals surface area contributed by atoms with Crippen molar-refractivity contribution in [2.45, 2.75) is 6.42 Å². The summed E-state index contributed by atoms with van der Waals surface area (Å²) < 4.78 is 25.0. The van der Waals surface area contributed by atoms with E-state index >= 15 is 0 Å². The minimum Gasteiger partial charge on any atom is -0.0619 e. The number of allylic oxidation sites excluding steroid dienone is 4. The maximum atomic E-state index is 12.5. The van der Waals surface area contributed by atoms with Crippen LogP contribution >= 0.6 is 15.6 Å². The average Bonchev–Trinajstić information content (AvgIpc) is 3.05. The van der Waals surface area contributed by atoms with Crippen LogP contribution in [0.2, 0.25) is 0 Å². The van der Waals surface area contributed by atoms with Crippen LogP contribution in [0.25, 0.3) is 0 Å². The molecule has 21 heavy (non-hydrogen) atoms. The van der Waals surface area contributed by atoms with Crippen molar-refractivity contribution in [3.05, 3.63) is 83.4 Å². The van der Waals surface area contributed by atoms with E-state index < -0.39 is 15.6 Å². The van der Waals surface area contributed by atoms with E-state index in [1.807, 2.05) is 72.8 Å². The second-order valence-corrected chi connectivity index (χ2v) is 8.03. The molecule has 0 bridgehead atoms. The molecule has 2 nitrogen and oxygen atoms in total. The van der Waals surface area contributed by atoms with Crippen molar-refractivity contribution in [3.8, 4) is 0 Å². The van der Waals surface area contributed by atoms with Crippen LogP contribution in [-0.2, 0) is 9.13 Å². The van der Waals surface area contributed by atoms with Crippen LogP contribution in [0, 0.1) is 0 Å². The Morgan fingerprint density at radius 2 is 1.24 bits per heavy atom. The molecule has 0 spiro atoms. The topological polar surface area (TPSA) is 34.1 Å². The van der Waals surface area contributed by atoms with Gasteiger partial charge in [0.15, 0.2) is 21.2 Å². The van der Waals surface area contributed by atoms with Crippen molar-refractivity contribution in [1.82, 2.24) is 0 Å². The molecule has 102 valence electrons. The van der Waals surface area contributed by atoms with Crippen LogP contribution in [0.3, 0.4) is 0 Å². The van der Waals surface area contributed by atoms with E-state index in [0.29, 0.717) is 6.42 Å². The fraction of sp³-hybridized carbons (Fsp3) is 0.0588. The molecular weight excluding hydrogens is 298 g/mol. The maximum Gasteiger partial charge on any atom is 0.415 e. The smallest absolute Gasteiger partial charge is 0.0619 e. The third-order valence-corrected chi connectivity index (χ3v) is 6.46. The number of hydrogen-bond donors (Lipinski definition) is 0. The highest BCUT2D eigenvalue weighted by Crippen LogP contribution is 2.44. The highest BCUT2D eigenvalue weighted by atomic mass is 31.1. The van der Waals surface area contributed by atoms with Gasteiger partial charge in [0.1, 0.15) is 0 Å². The zero-order valence-electron chi connectivity index (χ0n) is 11.3. The van der Waals surface area contributed by atoms with Gasteiger partial charge in [-0.3, -0.25) is 0 Å². The molecule has 0 amide bonds. The molecule has 4 heteroatoms. The second kappa shape index (κ2) is 6.26. The number of hydrogen-bond acceptors (Lipinski definition) is 2. The molecule has 0 aromatic heterocycles. The number of rotatable bonds is 4. The summed E-state index contributed by atoms with van der Waals surface area (Å²) in [6.07, 6.45) is 4.39. The fourth-order valence-electron chi connectivity index (χ4n) is 2.22. The lowest BCUT2D eigenvalue weighted by Gasteiger charge is -1.87. The zero-order valence-corrected chi connectivity index (χ0v) is 13.1. The third-order valence-electron chi connectivity index (χ3n) is 3.31. The van der Waals surface area contributed by atoms with Gasteiger partial charge in [0.25, 0.3) is 0 Å². The van der Waals surface area contributed by atoms with E-state index in [0.717, 1.165) is 21.2 Å². The van der Waals surface area contributed by atoms with Crippen molar-refractivity contribution >= 4 is 26.2 Å². The molecule has 2 unspecified atom stereocenters. The molecule has 2 aromatic carbocycles. The van der Waals surface area contributed by atoms with Gasteiger partial charge in [0.2, 0.25) is 0 Å². The lowest BCUT2D eigenvalue weighted by Crippen LogP contribution is -1.95. The van der Waals surface area contributed by atoms with E-state index in [1.54, 1.807) is 0 Å². The van der Waals surface area contributed by atoms with E-state index in [9.17, 15) is 9.13 Å². The molecule has 0 N–H and O–H groups in total. The summed E-state index contributed by atoms with van der Waals surface area (Å²) in [7, 11) is -3.16. The Labute approximate surface area is 125 Å². The summed E-state index contributed by atoms with van der Waals surface area (Å²) in [6.45, 7) is 0. The molecule has 0 saturated carbocycles. The van der Waals surface area contributed by atoms with Crippen LogP contribution in [0.4, 0.5) is 0 Å². The Morgan fingerprint density at radius 3 is 1.81 bits per heavy atom. The van der Waals surface area contributed by atoms with Crippen LogP contribution < -0.4 is 10.6 Å². The monoisotopic (exact) mass is 312 g/mol. The highest BCUT2D eigenvalue weighted by Gasteiger charge is 2.35. The average molecular weight is 312 g/mol. The first-order valence-electron chi connectivity index (χ1n) is 6.71. The molecule has 2 atom stereocenters. The Balaban J connectivity index is 1.81. The summed E-state index contributed by atoms with van der Waals surface area (Å²) >= 11 is 0. The van der Waals surface area contributed by atoms with E-state index in [4.69, 9.17) is 0 Å². The van der Waals surface area contributed by atoms with Gasteiger partial charge in [-0.1, -0.05) is 45.5 Å². The SMILES string of the molecule is O=[P+](C1=CCC([P+](=O)c2ccccc2)=C1)c1ccccc1. The standard InChI is InChI=1S/C17H14O2P2/c18-20(14-7-3-1-4-8-14)16-11-12-17(13-16)21(19)15-9-5-2-6-10-15/h1-11,13H,12H2/q+2. The van der Waals surface area contributed by atoms with Crippen LogP contribution in [0.5, 0.6) is 0 Å². The molecule has 0 fully saturated rings. The summed E-state index contributed by atoms with van der Waals surface area (Å²) in [5.74, 6) is 0. The molecule has 0 heterocycles. The number of benzene rings is 2. The fourth-order valence-corrected chi connectivity index (χ4v) is 4.88. The summed E-state index contributed by atoms with van der Waals surface area (Å²) in [4.78, 5) is 0. The first-order chi connectivity index (χ1) is 10.3. The summed E-state index contributed by atoms with van der Waals surface area (Å²) in [5, 5.41) is 3.27. The minimum absolute atomic E-state index is 0.618. The Morgan fingerprint density at radius 1 is 0.714 bits per heavy atom. The van der Waals surface area contributed by atoms with Crippen molar-refractivity contribution in [3.63, 3.8) is 0 Å². The van der Waals surface area contributed by atoms with Gasteiger partial charge in [0, 0.05) is 12.5 Å². The van der Waals surface area contributed by atoms with Crippen molar-refractivity contribution in [1.29, 1.82) is 0 Å². The first-order valence-corrected chi connectivity index (χ1v) is 9.23. The Hall–Kier alpha value is -1.88. The molecule has 0 aliphatic heterocycles. The zero-order chi connectivity index (χ0) is 14.7. The first kappa shape index (κ1) is 14.1. The molecule has 2 aromatic rings. The van der Waals surface area contributed by atoms with Crippen LogP contribution in [0.15, 0.2) is 83.4 Å². The van der Waals surface area contributed by atoms with Gasteiger partial charge in [-0.05, 0) is 30.3 Å². The lowest BCUT2D eigenvalue weighted by atomic mass is 10.4. The normalized spacial score (nSPS) is 15.2. The quantitative estimate of drug-likeness (QED) is 0.781.